The fourth-order valence-corrected chi connectivity index (χ4v) is 1.63. The smallest absolute Gasteiger partial charge is 0.279 e. The Kier molecular flexibility index (Phi) is 2.51. The van der Waals surface area contributed by atoms with Crippen LogP contribution in [0.5, 0.6) is 0 Å². The molecular formula is C10H10N4O3. The minimum atomic E-state index is -0.627. The van der Waals surface area contributed by atoms with Gasteiger partial charge in [0.25, 0.3) is 5.56 Å². The zero-order valence-corrected chi connectivity index (χ0v) is 9.14. The highest BCUT2D eigenvalue weighted by Gasteiger charge is 2.15. The molecule has 1 N–H and O–H groups in total. The Morgan fingerprint density at radius 3 is 2.76 bits per heavy atom. The largest absolute Gasteiger partial charge is 0.329 e. The van der Waals surface area contributed by atoms with E-state index in [9.17, 15) is 14.4 Å². The minimum Gasteiger partial charge on any atom is -0.279 e. The third-order valence-electron chi connectivity index (χ3n) is 2.46. The summed E-state index contributed by atoms with van der Waals surface area (Å²) in [7, 11) is 1.47. The molecule has 0 unspecified atom stereocenters. The van der Waals surface area contributed by atoms with Crippen molar-refractivity contribution in [2.75, 3.05) is 0 Å². The third kappa shape index (κ3) is 1.52. The van der Waals surface area contributed by atoms with Gasteiger partial charge in [-0.15, -0.1) is 6.58 Å². The predicted molar refractivity (Wildman–Crippen MR) is 61.6 cm³/mol. The van der Waals surface area contributed by atoms with Gasteiger partial charge in [0.05, 0.1) is 0 Å². The van der Waals surface area contributed by atoms with Crippen molar-refractivity contribution < 1.29 is 4.79 Å². The highest BCUT2D eigenvalue weighted by atomic mass is 16.2. The summed E-state index contributed by atoms with van der Waals surface area (Å²) in [6, 6.07) is 0. The van der Waals surface area contributed by atoms with E-state index in [1.165, 1.54) is 11.6 Å². The van der Waals surface area contributed by atoms with Crippen LogP contribution >= 0.6 is 0 Å². The number of carbonyl (C=O) groups is 1. The fourth-order valence-electron chi connectivity index (χ4n) is 1.63. The molecule has 88 valence electrons. The molecule has 0 aliphatic rings. The second-order valence-corrected chi connectivity index (χ2v) is 3.49. The Bertz CT molecular complexity index is 719. The molecule has 0 fully saturated rings. The average Bonchev–Trinajstić information content (AvgIpc) is 2.65. The van der Waals surface area contributed by atoms with E-state index < -0.39 is 11.2 Å². The van der Waals surface area contributed by atoms with Crippen LogP contribution in [0.3, 0.4) is 0 Å². The van der Waals surface area contributed by atoms with E-state index in [4.69, 9.17) is 0 Å². The van der Waals surface area contributed by atoms with E-state index in [1.54, 1.807) is 6.08 Å². The van der Waals surface area contributed by atoms with E-state index in [-0.39, 0.29) is 11.2 Å². The Hall–Kier alpha value is -2.44. The number of imidazole rings is 1. The number of nitrogens with zero attached hydrogens (tertiary/aromatic N) is 3. The molecule has 0 aliphatic carbocycles. The normalized spacial score (nSPS) is 10.6. The molecule has 0 saturated heterocycles. The quantitative estimate of drug-likeness (QED) is 0.555. The van der Waals surface area contributed by atoms with Gasteiger partial charge in [0.15, 0.2) is 11.2 Å². The van der Waals surface area contributed by atoms with E-state index in [1.807, 2.05) is 0 Å². The maximum Gasteiger partial charge on any atom is 0.329 e. The number of hydrogen-bond acceptors (Lipinski definition) is 4. The second kappa shape index (κ2) is 3.85. The van der Waals surface area contributed by atoms with Crippen molar-refractivity contribution in [2.45, 2.75) is 6.42 Å². The number of allylic oxidation sites excluding steroid dienone is 1. The van der Waals surface area contributed by atoms with Crippen molar-refractivity contribution >= 4 is 17.6 Å². The summed E-state index contributed by atoms with van der Waals surface area (Å²) < 4.78 is 2.30. The summed E-state index contributed by atoms with van der Waals surface area (Å²) in [6.45, 7) is 3.54. The zero-order chi connectivity index (χ0) is 12.6. The number of aryl methyl sites for hydroxylation is 1. The summed E-state index contributed by atoms with van der Waals surface area (Å²) in [4.78, 5) is 40.2. The maximum atomic E-state index is 11.6. The molecule has 2 aromatic heterocycles. The molecule has 2 rings (SSSR count). The molecule has 0 saturated carbocycles. The molecule has 7 heteroatoms. The number of H-pyrrole nitrogens is 1. The first kappa shape index (κ1) is 11.1. The number of fused-ring (bicyclic) bond motifs is 1. The number of aromatic amines is 1. The SMILES string of the molecule is C=CCc1nc2c(c(=O)[nH]c(=O)n2C)n1C=O. The maximum absolute atomic E-state index is 11.6. The molecular weight excluding hydrogens is 224 g/mol. The van der Waals surface area contributed by atoms with Gasteiger partial charge in [0.1, 0.15) is 5.82 Å². The predicted octanol–water partition coefficient (Wildman–Crippen LogP) is -0.810. The zero-order valence-electron chi connectivity index (χ0n) is 9.14. The Labute approximate surface area is 95.0 Å². The number of carbonyl (C=O) groups excluding carboxylic acids is 1. The topological polar surface area (TPSA) is 89.8 Å². The van der Waals surface area contributed by atoms with Gasteiger partial charge in [-0.2, -0.15) is 0 Å². The molecule has 0 radical (unpaired) electrons. The van der Waals surface area contributed by atoms with Crippen LogP contribution in [0.2, 0.25) is 0 Å². The van der Waals surface area contributed by atoms with Crippen LogP contribution in [-0.2, 0) is 18.3 Å². The lowest BCUT2D eigenvalue weighted by Gasteiger charge is -1.97. The summed E-state index contributed by atoms with van der Waals surface area (Å²) in [5.41, 5.74) is -0.942. The number of rotatable bonds is 3. The minimum absolute atomic E-state index is 0.0685. The van der Waals surface area contributed by atoms with Crippen LogP contribution in [0.1, 0.15) is 5.82 Å². The lowest BCUT2D eigenvalue weighted by Crippen LogP contribution is -2.29. The molecule has 0 aromatic carbocycles. The van der Waals surface area contributed by atoms with Crippen LogP contribution in [0, 0.1) is 0 Å². The summed E-state index contributed by atoms with van der Waals surface area (Å²) in [5, 5.41) is 0. The molecule has 0 spiro atoms. The van der Waals surface area contributed by atoms with Crippen molar-refractivity contribution in [1.82, 2.24) is 19.1 Å². The van der Waals surface area contributed by atoms with Crippen LogP contribution in [0.25, 0.3) is 11.2 Å². The molecule has 0 bridgehead atoms. The van der Waals surface area contributed by atoms with Gasteiger partial charge in [-0.1, -0.05) is 6.08 Å². The van der Waals surface area contributed by atoms with Crippen molar-refractivity contribution in [2.24, 2.45) is 7.05 Å². The van der Waals surface area contributed by atoms with Gasteiger partial charge in [-0.25, -0.2) is 9.78 Å². The van der Waals surface area contributed by atoms with E-state index >= 15 is 0 Å². The Morgan fingerprint density at radius 1 is 1.47 bits per heavy atom. The van der Waals surface area contributed by atoms with E-state index in [2.05, 4.69) is 16.5 Å². The van der Waals surface area contributed by atoms with Crippen molar-refractivity contribution in [3.8, 4) is 0 Å². The van der Waals surface area contributed by atoms with E-state index in [0.717, 1.165) is 4.57 Å². The molecule has 17 heavy (non-hydrogen) atoms. The van der Waals surface area contributed by atoms with Gasteiger partial charge < -0.3 is 0 Å². The van der Waals surface area contributed by atoms with Crippen LogP contribution in [0.15, 0.2) is 22.2 Å². The van der Waals surface area contributed by atoms with Crippen molar-refractivity contribution in [1.29, 1.82) is 0 Å². The number of nitrogens with one attached hydrogen (secondary N) is 1. The number of aromatic nitrogens is 4. The Morgan fingerprint density at radius 2 is 2.18 bits per heavy atom. The van der Waals surface area contributed by atoms with Gasteiger partial charge in [0.2, 0.25) is 6.41 Å². The molecule has 2 heterocycles. The molecule has 0 aliphatic heterocycles. The second-order valence-electron chi connectivity index (χ2n) is 3.49. The van der Waals surface area contributed by atoms with Crippen LogP contribution in [0.4, 0.5) is 0 Å². The summed E-state index contributed by atoms with van der Waals surface area (Å²) in [6.07, 6.45) is 2.39. The first-order valence-electron chi connectivity index (χ1n) is 4.86. The molecule has 0 atom stereocenters. The lowest BCUT2D eigenvalue weighted by molar-refractivity contribution is 0.547. The molecule has 7 nitrogen and oxygen atoms in total. The van der Waals surface area contributed by atoms with Crippen molar-refractivity contribution in [3.05, 3.63) is 39.3 Å². The lowest BCUT2D eigenvalue weighted by atomic mass is 10.4. The first-order chi connectivity index (χ1) is 8.10. The van der Waals surface area contributed by atoms with Crippen LogP contribution in [-0.4, -0.2) is 25.5 Å². The van der Waals surface area contributed by atoms with E-state index in [0.29, 0.717) is 18.7 Å². The Balaban J connectivity index is 3.01. The summed E-state index contributed by atoms with van der Waals surface area (Å²) >= 11 is 0. The van der Waals surface area contributed by atoms with Crippen LogP contribution < -0.4 is 11.2 Å². The molecule has 2 aromatic rings. The standard InChI is InChI=1S/C10H10N4O3/c1-3-4-6-11-8-7(14(6)5-15)9(16)12-10(17)13(8)2/h3,5H,1,4H2,2H3,(H,12,16,17). The molecule has 0 amide bonds. The van der Waals surface area contributed by atoms with Gasteiger partial charge >= 0.3 is 5.69 Å². The third-order valence-corrected chi connectivity index (χ3v) is 2.46. The first-order valence-corrected chi connectivity index (χ1v) is 4.86. The number of hydrogen-bond donors (Lipinski definition) is 1. The highest BCUT2D eigenvalue weighted by molar-refractivity contribution is 5.79. The van der Waals surface area contributed by atoms with Gasteiger partial charge in [-0.3, -0.25) is 23.7 Å². The van der Waals surface area contributed by atoms with Gasteiger partial charge in [-0.05, 0) is 0 Å². The van der Waals surface area contributed by atoms with Gasteiger partial charge in [0, 0.05) is 13.5 Å². The fraction of sp³-hybridized carbons (Fsp3) is 0.200. The van der Waals surface area contributed by atoms with Crippen molar-refractivity contribution in [3.63, 3.8) is 0 Å². The average molecular weight is 234 g/mol. The monoisotopic (exact) mass is 234 g/mol. The summed E-state index contributed by atoms with van der Waals surface area (Å²) in [5.74, 6) is 0.372. The highest BCUT2D eigenvalue weighted by Crippen LogP contribution is 2.09.